The van der Waals surface area contributed by atoms with Gasteiger partial charge in [-0.15, -0.1) is 0 Å². The third kappa shape index (κ3) is 1.96. The zero-order chi connectivity index (χ0) is 9.97. The van der Waals surface area contributed by atoms with Crippen molar-refractivity contribution < 1.29 is 0 Å². The van der Waals surface area contributed by atoms with Crippen LogP contribution >= 0.6 is 0 Å². The summed E-state index contributed by atoms with van der Waals surface area (Å²) in [7, 11) is 0. The summed E-state index contributed by atoms with van der Waals surface area (Å²) in [5.74, 6) is 0. The van der Waals surface area contributed by atoms with Crippen LogP contribution in [0.5, 0.6) is 0 Å². The van der Waals surface area contributed by atoms with Crippen LogP contribution in [0.1, 0.15) is 19.0 Å². The summed E-state index contributed by atoms with van der Waals surface area (Å²) in [6, 6.07) is 0.369. The number of aromatic nitrogens is 2. The zero-order valence-corrected chi connectivity index (χ0v) is 8.69. The second-order valence-electron chi connectivity index (χ2n) is 3.95. The number of hydrogen-bond acceptors (Lipinski definition) is 3. The summed E-state index contributed by atoms with van der Waals surface area (Å²) in [5, 5.41) is 0. The van der Waals surface area contributed by atoms with E-state index in [9.17, 15) is 0 Å². The molecule has 2 rings (SSSR count). The highest BCUT2D eigenvalue weighted by Gasteiger charge is 2.19. The fourth-order valence-electron chi connectivity index (χ4n) is 2.00. The average Bonchev–Trinajstić information content (AvgIpc) is 2.76. The number of likely N-dealkylation sites (tertiary alicyclic amines) is 1. The second kappa shape index (κ2) is 4.11. The van der Waals surface area contributed by atoms with Crippen molar-refractivity contribution in [3.63, 3.8) is 0 Å². The van der Waals surface area contributed by atoms with Crippen LogP contribution in [0.2, 0.25) is 0 Å². The molecule has 1 aromatic heterocycles. The van der Waals surface area contributed by atoms with E-state index in [1.54, 1.807) is 0 Å². The quantitative estimate of drug-likeness (QED) is 0.759. The number of nitrogens with two attached hydrogens (primary N) is 1. The average molecular weight is 194 g/mol. The predicted octanol–water partition coefficient (Wildman–Crippen LogP) is 0.436. The molecule has 0 bridgehead atoms. The van der Waals surface area contributed by atoms with Crippen LogP contribution in [-0.2, 0) is 13.1 Å². The van der Waals surface area contributed by atoms with Crippen LogP contribution in [0.25, 0.3) is 0 Å². The van der Waals surface area contributed by atoms with Gasteiger partial charge in [-0.3, -0.25) is 4.90 Å². The molecule has 0 saturated carbocycles. The van der Waals surface area contributed by atoms with Gasteiger partial charge in [0.05, 0.1) is 12.0 Å². The van der Waals surface area contributed by atoms with E-state index in [-0.39, 0.29) is 0 Å². The van der Waals surface area contributed by atoms with Crippen LogP contribution in [0.15, 0.2) is 12.5 Å². The Morgan fingerprint density at radius 3 is 3.14 bits per heavy atom. The molecule has 4 nitrogen and oxygen atoms in total. The van der Waals surface area contributed by atoms with Crippen molar-refractivity contribution in [2.45, 2.75) is 32.5 Å². The standard InChI is InChI=1S/C10H18N4/c1-2-14-8-12-5-10(14)7-13-4-3-9(11)6-13/h5,8-9H,2-4,6-7,11H2,1H3/t9-/m0/s1. The normalized spacial score (nSPS) is 23.1. The minimum Gasteiger partial charge on any atom is -0.334 e. The summed E-state index contributed by atoms with van der Waals surface area (Å²) in [4.78, 5) is 6.56. The van der Waals surface area contributed by atoms with Crippen molar-refractivity contribution in [1.29, 1.82) is 0 Å². The summed E-state index contributed by atoms with van der Waals surface area (Å²) in [6.45, 7) is 6.27. The molecule has 1 aromatic rings. The first kappa shape index (κ1) is 9.68. The van der Waals surface area contributed by atoms with Gasteiger partial charge in [-0.1, -0.05) is 0 Å². The van der Waals surface area contributed by atoms with Gasteiger partial charge in [0.1, 0.15) is 0 Å². The van der Waals surface area contributed by atoms with Gasteiger partial charge in [0.25, 0.3) is 0 Å². The Hall–Kier alpha value is -0.870. The molecule has 78 valence electrons. The summed E-state index contributed by atoms with van der Waals surface area (Å²) < 4.78 is 2.18. The molecule has 4 heteroatoms. The molecule has 0 spiro atoms. The summed E-state index contributed by atoms with van der Waals surface area (Å²) in [6.07, 6.45) is 4.97. The Labute approximate surface area is 84.7 Å². The van der Waals surface area contributed by atoms with Crippen molar-refractivity contribution in [1.82, 2.24) is 14.5 Å². The maximum absolute atomic E-state index is 5.86. The third-order valence-corrected chi connectivity index (χ3v) is 2.83. The molecule has 0 amide bonds. The van der Waals surface area contributed by atoms with E-state index in [0.29, 0.717) is 6.04 Å². The van der Waals surface area contributed by atoms with E-state index < -0.39 is 0 Å². The Morgan fingerprint density at radius 1 is 1.64 bits per heavy atom. The number of imidazole rings is 1. The minimum atomic E-state index is 0.369. The smallest absolute Gasteiger partial charge is 0.0948 e. The van der Waals surface area contributed by atoms with Gasteiger partial charge in [0.15, 0.2) is 0 Å². The molecule has 1 aliphatic heterocycles. The molecular formula is C10H18N4. The maximum Gasteiger partial charge on any atom is 0.0948 e. The Balaban J connectivity index is 1.97. The molecule has 0 aromatic carbocycles. The lowest BCUT2D eigenvalue weighted by molar-refractivity contribution is 0.317. The van der Waals surface area contributed by atoms with E-state index >= 15 is 0 Å². The van der Waals surface area contributed by atoms with Crippen LogP contribution in [0.3, 0.4) is 0 Å². The fraction of sp³-hybridized carbons (Fsp3) is 0.700. The van der Waals surface area contributed by atoms with Gasteiger partial charge in [-0.05, 0) is 13.3 Å². The monoisotopic (exact) mass is 194 g/mol. The first-order valence-electron chi connectivity index (χ1n) is 5.26. The van der Waals surface area contributed by atoms with E-state index in [0.717, 1.165) is 32.6 Å². The fourth-order valence-corrected chi connectivity index (χ4v) is 2.00. The Bertz CT molecular complexity index is 294. The van der Waals surface area contributed by atoms with Gasteiger partial charge in [-0.2, -0.15) is 0 Å². The van der Waals surface area contributed by atoms with E-state index in [2.05, 4.69) is 21.4 Å². The number of nitrogens with zero attached hydrogens (tertiary/aromatic N) is 3. The largest absolute Gasteiger partial charge is 0.334 e. The van der Waals surface area contributed by atoms with Gasteiger partial charge in [0.2, 0.25) is 0 Å². The Kier molecular flexibility index (Phi) is 2.84. The first-order valence-corrected chi connectivity index (χ1v) is 5.26. The number of hydrogen-bond donors (Lipinski definition) is 1. The van der Waals surface area contributed by atoms with Crippen molar-refractivity contribution in [2.24, 2.45) is 5.73 Å². The minimum absolute atomic E-state index is 0.369. The van der Waals surface area contributed by atoms with Crippen molar-refractivity contribution in [2.75, 3.05) is 13.1 Å². The zero-order valence-electron chi connectivity index (χ0n) is 8.69. The molecule has 1 saturated heterocycles. The highest BCUT2D eigenvalue weighted by atomic mass is 15.2. The molecule has 14 heavy (non-hydrogen) atoms. The number of aryl methyl sites for hydroxylation is 1. The lowest BCUT2D eigenvalue weighted by atomic mass is 10.3. The topological polar surface area (TPSA) is 47.1 Å². The van der Waals surface area contributed by atoms with E-state index in [1.165, 1.54) is 5.69 Å². The Morgan fingerprint density at radius 2 is 2.50 bits per heavy atom. The van der Waals surface area contributed by atoms with Crippen molar-refractivity contribution in [3.8, 4) is 0 Å². The van der Waals surface area contributed by atoms with Gasteiger partial charge < -0.3 is 10.3 Å². The third-order valence-electron chi connectivity index (χ3n) is 2.83. The van der Waals surface area contributed by atoms with Gasteiger partial charge >= 0.3 is 0 Å². The highest BCUT2D eigenvalue weighted by molar-refractivity contribution is 4.99. The van der Waals surface area contributed by atoms with Crippen LogP contribution in [0, 0.1) is 0 Å². The lowest BCUT2D eigenvalue weighted by Crippen LogP contribution is -2.26. The second-order valence-corrected chi connectivity index (χ2v) is 3.95. The predicted molar refractivity (Wildman–Crippen MR) is 55.8 cm³/mol. The van der Waals surface area contributed by atoms with Crippen LogP contribution < -0.4 is 5.73 Å². The molecule has 2 N–H and O–H groups in total. The SMILES string of the molecule is CCn1cncc1CN1CC[C@H](N)C1. The molecule has 1 aliphatic rings. The van der Waals surface area contributed by atoms with E-state index in [4.69, 9.17) is 5.73 Å². The molecule has 1 atom stereocenters. The molecular weight excluding hydrogens is 176 g/mol. The lowest BCUT2D eigenvalue weighted by Gasteiger charge is -2.15. The molecule has 1 fully saturated rings. The van der Waals surface area contributed by atoms with Gasteiger partial charge in [0, 0.05) is 38.4 Å². The molecule has 2 heterocycles. The highest BCUT2D eigenvalue weighted by Crippen LogP contribution is 2.11. The summed E-state index contributed by atoms with van der Waals surface area (Å²) >= 11 is 0. The maximum atomic E-state index is 5.86. The number of rotatable bonds is 3. The molecule has 0 aliphatic carbocycles. The van der Waals surface area contributed by atoms with Crippen LogP contribution in [-0.4, -0.2) is 33.6 Å². The van der Waals surface area contributed by atoms with Crippen LogP contribution in [0.4, 0.5) is 0 Å². The van der Waals surface area contributed by atoms with Crippen molar-refractivity contribution in [3.05, 3.63) is 18.2 Å². The molecule has 0 unspecified atom stereocenters. The van der Waals surface area contributed by atoms with Crippen molar-refractivity contribution >= 4 is 0 Å². The van der Waals surface area contributed by atoms with E-state index in [1.807, 2.05) is 12.5 Å². The summed E-state index contributed by atoms with van der Waals surface area (Å²) in [5.41, 5.74) is 7.15. The van der Waals surface area contributed by atoms with Gasteiger partial charge in [-0.25, -0.2) is 4.98 Å². The molecule has 0 radical (unpaired) electrons. The first-order chi connectivity index (χ1) is 6.79.